The van der Waals surface area contributed by atoms with Crippen LogP contribution in [-0.2, 0) is 26.2 Å². The smallest absolute Gasteiger partial charge is 0.165 e. The first-order chi connectivity index (χ1) is 17.9. The topological polar surface area (TPSA) is 0 Å². The van der Waals surface area contributed by atoms with E-state index in [4.69, 9.17) is 0 Å². The van der Waals surface area contributed by atoms with Crippen molar-refractivity contribution in [2.75, 3.05) is 0 Å². The number of hydrogen-bond acceptors (Lipinski definition) is 0. The maximum atomic E-state index is 2.27. The van der Waals surface area contributed by atoms with Crippen molar-refractivity contribution in [1.82, 2.24) is 0 Å². The van der Waals surface area contributed by atoms with Gasteiger partial charge in [-0.15, -0.1) is 69.1 Å². The summed E-state index contributed by atoms with van der Waals surface area (Å²) in [6.45, 7) is 12.9. The van der Waals surface area contributed by atoms with Gasteiger partial charge in [0.15, 0.2) is 0 Å². The molecule has 6 aromatic rings. The molecular formula is C36H36SiZr. The van der Waals surface area contributed by atoms with Crippen molar-refractivity contribution in [2.24, 2.45) is 0 Å². The summed E-state index contributed by atoms with van der Waals surface area (Å²) in [5, 5.41) is 5.38. The number of benzene rings is 4. The van der Waals surface area contributed by atoms with Gasteiger partial charge in [-0.1, -0.05) is 110 Å². The molecule has 0 aliphatic rings. The minimum absolute atomic E-state index is 0. The Hall–Kier alpha value is -2.80. The molecule has 6 rings (SSSR count). The molecule has 0 N–H and O–H groups in total. The molecule has 0 saturated heterocycles. The predicted octanol–water partition coefficient (Wildman–Crippen LogP) is 10.5. The van der Waals surface area contributed by atoms with E-state index >= 15 is 0 Å². The van der Waals surface area contributed by atoms with E-state index in [0.29, 0.717) is 0 Å². The quantitative estimate of drug-likeness (QED) is 0.140. The zero-order valence-corrected chi connectivity index (χ0v) is 26.9. The summed E-state index contributed by atoms with van der Waals surface area (Å²) < 4.78 is 0. The number of rotatable bonds is 2. The fourth-order valence-electron chi connectivity index (χ4n) is 4.90. The largest absolute Gasteiger partial charge is 2.00 e. The van der Waals surface area contributed by atoms with Gasteiger partial charge >= 0.3 is 26.2 Å². The molecule has 0 atom stereocenters. The maximum absolute atomic E-state index is 2.27. The summed E-state index contributed by atoms with van der Waals surface area (Å²) in [7, 11) is 1.08. The van der Waals surface area contributed by atoms with Crippen LogP contribution >= 0.6 is 0 Å². The Labute approximate surface area is 250 Å². The third-order valence-electron chi connectivity index (χ3n) is 6.45. The van der Waals surface area contributed by atoms with Crippen LogP contribution in [0, 0.1) is 27.7 Å². The molecule has 188 valence electrons. The Morgan fingerprint density at radius 2 is 0.868 bits per heavy atom. The molecule has 0 saturated carbocycles. The van der Waals surface area contributed by atoms with E-state index in [1.165, 1.54) is 66.1 Å². The number of fused-ring (bicyclic) bond motifs is 2. The van der Waals surface area contributed by atoms with Gasteiger partial charge in [0, 0.05) is 9.52 Å². The van der Waals surface area contributed by atoms with Crippen LogP contribution in [0.4, 0.5) is 0 Å². The number of aryl methyl sites for hydroxylation is 4. The Balaban J connectivity index is 0.000000187. The molecule has 6 aromatic carbocycles. The zero-order valence-electron chi connectivity index (χ0n) is 23.4. The van der Waals surface area contributed by atoms with Crippen molar-refractivity contribution in [3.8, 4) is 22.3 Å². The van der Waals surface area contributed by atoms with E-state index in [-0.39, 0.29) is 26.2 Å². The Morgan fingerprint density at radius 1 is 0.500 bits per heavy atom. The fourth-order valence-corrected chi connectivity index (χ4v) is 4.90. The molecule has 2 radical (unpaired) electrons. The van der Waals surface area contributed by atoms with Crippen LogP contribution in [0.3, 0.4) is 0 Å². The SMILES string of the molecule is C[Si]C.Cc1cccc(-c2cccc3[cH-]c(C)cc23)c1.Cc1cccc(-c2cccc3[cH-]c(C)cc23)c1.[Zr+2]. The molecule has 2 heteroatoms. The van der Waals surface area contributed by atoms with Crippen LogP contribution in [0.5, 0.6) is 0 Å². The van der Waals surface area contributed by atoms with Gasteiger partial charge in [-0.25, -0.2) is 0 Å². The van der Waals surface area contributed by atoms with Gasteiger partial charge in [-0.2, -0.15) is 12.1 Å². The summed E-state index contributed by atoms with van der Waals surface area (Å²) in [6.07, 6.45) is 0. The molecule has 0 bridgehead atoms. The molecule has 0 spiro atoms. The average Bonchev–Trinajstić information content (AvgIpc) is 3.45. The molecule has 0 fully saturated rings. The van der Waals surface area contributed by atoms with Crippen molar-refractivity contribution < 1.29 is 26.2 Å². The van der Waals surface area contributed by atoms with Crippen LogP contribution in [0.15, 0.2) is 109 Å². The predicted molar refractivity (Wildman–Crippen MR) is 166 cm³/mol. The van der Waals surface area contributed by atoms with Gasteiger partial charge in [0.2, 0.25) is 0 Å². The van der Waals surface area contributed by atoms with Gasteiger partial charge in [0.1, 0.15) is 0 Å². The molecular weight excluding hydrogens is 552 g/mol. The van der Waals surface area contributed by atoms with Crippen LogP contribution in [-0.4, -0.2) is 9.52 Å². The molecule has 0 amide bonds. The van der Waals surface area contributed by atoms with Crippen molar-refractivity contribution in [3.63, 3.8) is 0 Å². The maximum Gasteiger partial charge on any atom is 2.00 e. The zero-order chi connectivity index (χ0) is 26.4. The Morgan fingerprint density at radius 3 is 1.24 bits per heavy atom. The van der Waals surface area contributed by atoms with Gasteiger partial charge < -0.3 is 0 Å². The van der Waals surface area contributed by atoms with Crippen molar-refractivity contribution >= 4 is 31.1 Å². The summed E-state index contributed by atoms with van der Waals surface area (Å²) in [4.78, 5) is 0. The second kappa shape index (κ2) is 13.8. The van der Waals surface area contributed by atoms with Crippen LogP contribution in [0.1, 0.15) is 22.3 Å². The van der Waals surface area contributed by atoms with E-state index in [2.05, 4.69) is 150 Å². The van der Waals surface area contributed by atoms with Crippen LogP contribution in [0.25, 0.3) is 43.8 Å². The van der Waals surface area contributed by atoms with Crippen molar-refractivity contribution in [2.45, 2.75) is 40.8 Å². The molecule has 38 heavy (non-hydrogen) atoms. The van der Waals surface area contributed by atoms with Crippen molar-refractivity contribution in [1.29, 1.82) is 0 Å². The van der Waals surface area contributed by atoms with Gasteiger partial charge in [-0.3, -0.25) is 0 Å². The Bertz CT molecular complexity index is 1490. The third-order valence-corrected chi connectivity index (χ3v) is 6.45. The second-order valence-electron chi connectivity index (χ2n) is 9.92. The normalized spacial score (nSPS) is 10.3. The first-order valence-electron chi connectivity index (χ1n) is 12.9. The standard InChI is InChI=1S/2C17H15.C2H6Si.Zr/c2*1-12-5-3-6-14(9-12)16-8-4-7-15-10-13(2)11-17(15)16;1-3-2;/h2*3-11H,1-2H3;1-2H3;/q2*-1;;+2. The molecule has 0 aliphatic carbocycles. The van der Waals surface area contributed by atoms with Gasteiger partial charge in [0.05, 0.1) is 0 Å². The fraction of sp³-hybridized carbons (Fsp3) is 0.167. The minimum Gasteiger partial charge on any atom is -0.165 e. The third kappa shape index (κ3) is 7.19. The monoisotopic (exact) mass is 586 g/mol. The van der Waals surface area contributed by atoms with Crippen LogP contribution < -0.4 is 0 Å². The van der Waals surface area contributed by atoms with E-state index in [0.717, 1.165) is 9.52 Å². The summed E-state index contributed by atoms with van der Waals surface area (Å²) in [5.41, 5.74) is 10.6. The Kier molecular flexibility index (Phi) is 10.8. The second-order valence-corrected chi connectivity index (χ2v) is 10.9. The first-order valence-corrected chi connectivity index (χ1v) is 14.9. The summed E-state index contributed by atoms with van der Waals surface area (Å²) in [5.74, 6) is 0. The summed E-state index contributed by atoms with van der Waals surface area (Å²) >= 11 is 0. The van der Waals surface area contributed by atoms with Gasteiger partial charge in [0.25, 0.3) is 0 Å². The molecule has 0 heterocycles. The minimum atomic E-state index is 0. The number of hydrogen-bond donors (Lipinski definition) is 0. The van der Waals surface area contributed by atoms with Crippen LogP contribution in [0.2, 0.25) is 13.1 Å². The average molecular weight is 588 g/mol. The van der Waals surface area contributed by atoms with E-state index < -0.39 is 0 Å². The van der Waals surface area contributed by atoms with E-state index in [1.54, 1.807) is 0 Å². The van der Waals surface area contributed by atoms with E-state index in [1.807, 2.05) is 0 Å². The summed E-state index contributed by atoms with van der Waals surface area (Å²) in [6, 6.07) is 39.5. The van der Waals surface area contributed by atoms with E-state index in [9.17, 15) is 0 Å². The molecule has 0 unspecified atom stereocenters. The van der Waals surface area contributed by atoms with Gasteiger partial charge in [-0.05, 0) is 25.0 Å². The molecule has 0 aliphatic heterocycles. The van der Waals surface area contributed by atoms with Crippen molar-refractivity contribution in [3.05, 3.63) is 131 Å². The first kappa shape index (κ1) is 29.8. The molecule has 0 nitrogen and oxygen atoms in total. The molecule has 0 aromatic heterocycles.